The number of imidazole rings is 1. The number of rotatable bonds is 3. The van der Waals surface area contributed by atoms with Crippen molar-refractivity contribution in [3.05, 3.63) is 17.7 Å². The monoisotopic (exact) mass is 328 g/mol. The zero-order valence-corrected chi connectivity index (χ0v) is 14.0. The molecular weight excluding hydrogens is 304 g/mol. The van der Waals surface area contributed by atoms with Crippen LogP contribution < -0.4 is 0 Å². The number of nitrogens with zero attached hydrogens (tertiary/aromatic N) is 4. The zero-order valence-electron chi connectivity index (χ0n) is 13.2. The molecule has 124 valence electrons. The predicted molar refractivity (Wildman–Crippen MR) is 82.8 cm³/mol. The lowest BCUT2D eigenvalue weighted by Gasteiger charge is -2.36. The lowest BCUT2D eigenvalue weighted by molar-refractivity contribution is 0.0695. The summed E-state index contributed by atoms with van der Waals surface area (Å²) < 4.78 is 36.0. The van der Waals surface area contributed by atoms with Gasteiger partial charge in [-0.2, -0.15) is 17.0 Å². The molecule has 22 heavy (non-hydrogen) atoms. The van der Waals surface area contributed by atoms with Crippen molar-refractivity contribution in [2.24, 2.45) is 7.05 Å². The number of piperidine rings is 1. The van der Waals surface area contributed by atoms with Crippen LogP contribution in [0.25, 0.3) is 0 Å². The van der Waals surface area contributed by atoms with Crippen LogP contribution in [0.5, 0.6) is 0 Å². The minimum absolute atomic E-state index is 0.170. The minimum Gasteiger partial charge on any atom is -0.379 e. The summed E-state index contributed by atoms with van der Waals surface area (Å²) >= 11 is 0. The number of morpholine rings is 1. The highest BCUT2D eigenvalue weighted by molar-refractivity contribution is 7.86. The molecule has 1 aromatic heterocycles. The second-order valence-corrected chi connectivity index (χ2v) is 8.00. The first kappa shape index (κ1) is 15.9. The summed E-state index contributed by atoms with van der Waals surface area (Å²) in [7, 11) is -1.41. The molecule has 0 bridgehead atoms. The van der Waals surface area contributed by atoms with Gasteiger partial charge in [0.05, 0.1) is 18.9 Å². The van der Waals surface area contributed by atoms with Gasteiger partial charge in [0.25, 0.3) is 10.2 Å². The van der Waals surface area contributed by atoms with Crippen molar-refractivity contribution in [1.29, 1.82) is 0 Å². The topological polar surface area (TPSA) is 67.7 Å². The van der Waals surface area contributed by atoms with E-state index in [2.05, 4.69) is 4.98 Å². The van der Waals surface area contributed by atoms with Crippen LogP contribution in [0.2, 0.25) is 0 Å². The quantitative estimate of drug-likeness (QED) is 0.810. The lowest BCUT2D eigenvalue weighted by Crippen LogP contribution is -2.51. The summed E-state index contributed by atoms with van der Waals surface area (Å²) in [4.78, 5) is 4.57. The highest BCUT2D eigenvalue weighted by atomic mass is 32.2. The Labute approximate surface area is 132 Å². The lowest BCUT2D eigenvalue weighted by atomic mass is 9.99. The molecule has 0 spiro atoms. The molecular formula is C14H24N4O3S. The highest BCUT2D eigenvalue weighted by Crippen LogP contribution is 2.28. The van der Waals surface area contributed by atoms with E-state index in [1.165, 1.54) is 0 Å². The molecule has 1 atom stereocenters. The number of ether oxygens (including phenoxy) is 1. The van der Waals surface area contributed by atoms with E-state index >= 15 is 0 Å². The smallest absolute Gasteiger partial charge is 0.282 e. The molecule has 0 unspecified atom stereocenters. The van der Waals surface area contributed by atoms with Gasteiger partial charge in [0.1, 0.15) is 5.82 Å². The second kappa shape index (κ2) is 6.27. The van der Waals surface area contributed by atoms with Gasteiger partial charge in [0.15, 0.2) is 0 Å². The van der Waals surface area contributed by atoms with Crippen LogP contribution in [0.1, 0.15) is 30.3 Å². The van der Waals surface area contributed by atoms with Crippen LogP contribution in [0.15, 0.2) is 6.20 Å². The Bertz CT molecular complexity index is 622. The molecule has 0 aliphatic carbocycles. The maximum absolute atomic E-state index is 12.8. The zero-order chi connectivity index (χ0) is 15.7. The first-order chi connectivity index (χ1) is 10.5. The number of aryl methyl sites for hydroxylation is 2. The van der Waals surface area contributed by atoms with Gasteiger partial charge in [-0.05, 0) is 19.8 Å². The van der Waals surface area contributed by atoms with Crippen molar-refractivity contribution in [3.8, 4) is 0 Å². The Morgan fingerprint density at radius 1 is 1.23 bits per heavy atom. The molecule has 8 heteroatoms. The number of hydrogen-bond acceptors (Lipinski definition) is 4. The van der Waals surface area contributed by atoms with Gasteiger partial charge in [0.2, 0.25) is 0 Å². The molecule has 2 fully saturated rings. The second-order valence-electron chi connectivity index (χ2n) is 6.07. The molecule has 2 aliphatic heterocycles. The average molecular weight is 328 g/mol. The van der Waals surface area contributed by atoms with Crippen molar-refractivity contribution >= 4 is 10.2 Å². The fourth-order valence-electron chi connectivity index (χ4n) is 3.32. The van der Waals surface area contributed by atoms with Gasteiger partial charge in [-0.25, -0.2) is 4.98 Å². The van der Waals surface area contributed by atoms with Crippen molar-refractivity contribution in [2.75, 3.05) is 39.4 Å². The third kappa shape index (κ3) is 3.05. The van der Waals surface area contributed by atoms with E-state index in [-0.39, 0.29) is 5.92 Å². The van der Waals surface area contributed by atoms with Crippen LogP contribution in [-0.4, -0.2) is 66.0 Å². The molecule has 7 nitrogen and oxygen atoms in total. The summed E-state index contributed by atoms with van der Waals surface area (Å²) in [6, 6.07) is 0. The Hall–Kier alpha value is -0.960. The van der Waals surface area contributed by atoms with Gasteiger partial charge in [-0.15, -0.1) is 0 Å². The van der Waals surface area contributed by atoms with Gasteiger partial charge in [0, 0.05) is 45.3 Å². The van der Waals surface area contributed by atoms with Crippen molar-refractivity contribution in [1.82, 2.24) is 18.2 Å². The van der Waals surface area contributed by atoms with Crippen LogP contribution in [0, 0.1) is 6.92 Å². The first-order valence-corrected chi connectivity index (χ1v) is 9.21. The van der Waals surface area contributed by atoms with Crippen molar-refractivity contribution in [3.63, 3.8) is 0 Å². The SMILES string of the molecule is Cc1cn(C)c([C@@H]2CCCN(S(=O)(=O)N3CCOCC3)C2)n1. The van der Waals surface area contributed by atoms with Gasteiger partial charge in [-0.1, -0.05) is 0 Å². The number of aromatic nitrogens is 2. The summed E-state index contributed by atoms with van der Waals surface area (Å²) in [6.45, 7) is 4.94. The molecule has 1 aromatic rings. The Morgan fingerprint density at radius 2 is 1.95 bits per heavy atom. The molecule has 0 N–H and O–H groups in total. The van der Waals surface area contributed by atoms with E-state index in [4.69, 9.17) is 4.74 Å². The first-order valence-electron chi connectivity index (χ1n) is 7.81. The van der Waals surface area contributed by atoms with Crippen LogP contribution >= 0.6 is 0 Å². The Kier molecular flexibility index (Phi) is 4.54. The average Bonchev–Trinajstić information content (AvgIpc) is 2.87. The normalized spacial score (nSPS) is 25.5. The van der Waals surface area contributed by atoms with Gasteiger partial charge < -0.3 is 9.30 Å². The molecule has 0 saturated carbocycles. The summed E-state index contributed by atoms with van der Waals surface area (Å²) in [5.74, 6) is 1.16. The molecule has 0 radical (unpaired) electrons. The fraction of sp³-hybridized carbons (Fsp3) is 0.786. The molecule has 3 rings (SSSR count). The van der Waals surface area contributed by atoms with E-state index in [0.717, 1.165) is 24.4 Å². The predicted octanol–water partition coefficient (Wildman–Crippen LogP) is 0.485. The summed E-state index contributed by atoms with van der Waals surface area (Å²) in [5.41, 5.74) is 0.977. The molecule has 0 aromatic carbocycles. The van der Waals surface area contributed by atoms with Crippen LogP contribution in [0.4, 0.5) is 0 Å². The largest absolute Gasteiger partial charge is 0.379 e. The number of hydrogen-bond donors (Lipinski definition) is 0. The van der Waals surface area contributed by atoms with Crippen molar-refractivity contribution < 1.29 is 13.2 Å². The fourth-order valence-corrected chi connectivity index (χ4v) is 4.98. The van der Waals surface area contributed by atoms with E-state index in [1.54, 1.807) is 8.61 Å². The Balaban J connectivity index is 1.76. The van der Waals surface area contributed by atoms with Gasteiger partial charge >= 0.3 is 0 Å². The molecule has 3 heterocycles. The van der Waals surface area contributed by atoms with E-state index in [1.807, 2.05) is 24.7 Å². The minimum atomic E-state index is -3.38. The third-order valence-corrected chi connectivity index (χ3v) is 6.41. The van der Waals surface area contributed by atoms with E-state index in [0.29, 0.717) is 39.4 Å². The standard InChI is InChI=1S/C14H24N4O3S/c1-12-10-16(2)14(15-12)13-4-3-5-18(11-13)22(19,20)17-6-8-21-9-7-17/h10,13H,3-9,11H2,1-2H3/t13-/m1/s1. The Morgan fingerprint density at radius 3 is 2.59 bits per heavy atom. The third-order valence-electron chi connectivity index (χ3n) is 4.40. The van der Waals surface area contributed by atoms with E-state index in [9.17, 15) is 8.42 Å². The van der Waals surface area contributed by atoms with Crippen LogP contribution in [0.3, 0.4) is 0 Å². The maximum Gasteiger partial charge on any atom is 0.282 e. The summed E-state index contributed by atoms with van der Waals surface area (Å²) in [6.07, 6.45) is 3.85. The van der Waals surface area contributed by atoms with Crippen molar-refractivity contribution in [2.45, 2.75) is 25.7 Å². The summed E-state index contributed by atoms with van der Waals surface area (Å²) in [5, 5.41) is 0. The maximum atomic E-state index is 12.8. The molecule has 2 aliphatic rings. The molecule has 0 amide bonds. The van der Waals surface area contributed by atoms with Crippen LogP contribution in [-0.2, 0) is 22.0 Å². The van der Waals surface area contributed by atoms with Gasteiger partial charge in [-0.3, -0.25) is 0 Å². The van der Waals surface area contributed by atoms with E-state index < -0.39 is 10.2 Å². The highest BCUT2D eigenvalue weighted by Gasteiger charge is 2.35. The molecule has 2 saturated heterocycles.